The first-order chi connectivity index (χ1) is 11.6. The van der Waals surface area contributed by atoms with Gasteiger partial charge in [-0.3, -0.25) is 4.79 Å². The Morgan fingerprint density at radius 1 is 1.00 bits per heavy atom. The molecule has 0 aromatic heterocycles. The van der Waals surface area contributed by atoms with Gasteiger partial charge in [-0.05, 0) is 30.0 Å². The smallest absolute Gasteiger partial charge is 0.335 e. The standard InChI is InChI=1S/C20H23NO3/c1-2-14-21(15-16-8-4-3-5-9-16)19(22)13-12-17-10-6-7-11-18(17)20(23)24/h3-11H,2,12-15H2,1H3,(H,23,24). The van der Waals surface area contributed by atoms with E-state index >= 15 is 0 Å². The van der Waals surface area contributed by atoms with E-state index in [0.717, 1.165) is 12.0 Å². The van der Waals surface area contributed by atoms with Crippen LogP contribution < -0.4 is 0 Å². The molecule has 1 N–H and O–H groups in total. The van der Waals surface area contributed by atoms with Crippen LogP contribution in [0.3, 0.4) is 0 Å². The molecule has 0 unspecified atom stereocenters. The molecule has 0 atom stereocenters. The average molecular weight is 325 g/mol. The third-order valence-corrected chi connectivity index (χ3v) is 3.92. The summed E-state index contributed by atoms with van der Waals surface area (Å²) in [5.41, 5.74) is 2.08. The Balaban J connectivity index is 2.02. The third kappa shape index (κ3) is 4.95. The molecular formula is C20H23NO3. The molecule has 4 nitrogen and oxygen atoms in total. The van der Waals surface area contributed by atoms with Crippen LogP contribution in [-0.4, -0.2) is 28.4 Å². The van der Waals surface area contributed by atoms with Crippen LogP contribution in [0, 0.1) is 0 Å². The summed E-state index contributed by atoms with van der Waals surface area (Å²) in [6, 6.07) is 16.8. The van der Waals surface area contributed by atoms with E-state index in [1.54, 1.807) is 24.3 Å². The highest BCUT2D eigenvalue weighted by Gasteiger charge is 2.15. The Morgan fingerprint density at radius 3 is 2.33 bits per heavy atom. The molecular weight excluding hydrogens is 302 g/mol. The van der Waals surface area contributed by atoms with Crippen molar-refractivity contribution in [3.63, 3.8) is 0 Å². The zero-order chi connectivity index (χ0) is 17.4. The highest BCUT2D eigenvalue weighted by Crippen LogP contribution is 2.13. The Morgan fingerprint density at radius 2 is 1.67 bits per heavy atom. The van der Waals surface area contributed by atoms with Crippen LogP contribution in [0.4, 0.5) is 0 Å². The lowest BCUT2D eigenvalue weighted by Crippen LogP contribution is -2.31. The first kappa shape index (κ1) is 17.7. The predicted octanol–water partition coefficient (Wildman–Crippen LogP) is 3.76. The molecule has 0 bridgehead atoms. The molecule has 2 aromatic carbocycles. The van der Waals surface area contributed by atoms with Gasteiger partial charge in [0.15, 0.2) is 0 Å². The molecule has 0 saturated heterocycles. The van der Waals surface area contributed by atoms with Crippen molar-refractivity contribution < 1.29 is 14.7 Å². The second-order valence-electron chi connectivity index (χ2n) is 5.76. The van der Waals surface area contributed by atoms with Crippen molar-refractivity contribution in [2.75, 3.05) is 6.54 Å². The number of aromatic carboxylic acids is 1. The summed E-state index contributed by atoms with van der Waals surface area (Å²) in [5.74, 6) is -0.895. The molecule has 0 saturated carbocycles. The number of aryl methyl sites for hydroxylation is 1. The topological polar surface area (TPSA) is 57.6 Å². The van der Waals surface area contributed by atoms with E-state index in [9.17, 15) is 14.7 Å². The molecule has 2 rings (SSSR count). The monoisotopic (exact) mass is 325 g/mol. The Kier molecular flexibility index (Phi) is 6.55. The van der Waals surface area contributed by atoms with Gasteiger partial charge in [-0.15, -0.1) is 0 Å². The highest BCUT2D eigenvalue weighted by molar-refractivity contribution is 5.89. The van der Waals surface area contributed by atoms with Crippen molar-refractivity contribution >= 4 is 11.9 Å². The van der Waals surface area contributed by atoms with Crippen LogP contribution in [0.15, 0.2) is 54.6 Å². The van der Waals surface area contributed by atoms with Crippen LogP contribution in [0.1, 0.15) is 41.3 Å². The van der Waals surface area contributed by atoms with Crippen LogP contribution in [0.5, 0.6) is 0 Å². The quantitative estimate of drug-likeness (QED) is 0.804. The lowest BCUT2D eigenvalue weighted by atomic mass is 10.0. The van der Waals surface area contributed by atoms with Gasteiger partial charge in [0.25, 0.3) is 0 Å². The number of carbonyl (C=O) groups excluding carboxylic acids is 1. The normalized spacial score (nSPS) is 10.4. The van der Waals surface area contributed by atoms with E-state index in [0.29, 0.717) is 31.5 Å². The van der Waals surface area contributed by atoms with Crippen molar-refractivity contribution in [2.45, 2.75) is 32.7 Å². The van der Waals surface area contributed by atoms with Crippen LogP contribution in [-0.2, 0) is 17.8 Å². The van der Waals surface area contributed by atoms with Gasteiger partial charge in [0.2, 0.25) is 5.91 Å². The van der Waals surface area contributed by atoms with E-state index in [1.165, 1.54) is 0 Å². The predicted molar refractivity (Wildman–Crippen MR) is 93.9 cm³/mol. The lowest BCUT2D eigenvalue weighted by molar-refractivity contribution is -0.131. The van der Waals surface area contributed by atoms with Crippen molar-refractivity contribution in [1.82, 2.24) is 4.90 Å². The first-order valence-electron chi connectivity index (χ1n) is 8.24. The van der Waals surface area contributed by atoms with Crippen LogP contribution in [0.2, 0.25) is 0 Å². The van der Waals surface area contributed by atoms with Gasteiger partial charge < -0.3 is 10.0 Å². The first-order valence-corrected chi connectivity index (χ1v) is 8.24. The van der Waals surface area contributed by atoms with Gasteiger partial charge in [-0.25, -0.2) is 4.79 Å². The number of carboxylic acid groups (broad SMARTS) is 1. The van der Waals surface area contributed by atoms with Gasteiger partial charge in [0.1, 0.15) is 0 Å². The van der Waals surface area contributed by atoms with Crippen LogP contribution in [0.25, 0.3) is 0 Å². The van der Waals surface area contributed by atoms with Crippen molar-refractivity contribution in [3.05, 3.63) is 71.3 Å². The Labute approximate surface area is 142 Å². The molecule has 0 aliphatic heterocycles. The Hall–Kier alpha value is -2.62. The van der Waals surface area contributed by atoms with Crippen LogP contribution >= 0.6 is 0 Å². The van der Waals surface area contributed by atoms with E-state index in [4.69, 9.17) is 0 Å². The summed E-state index contributed by atoms with van der Waals surface area (Å²) in [4.78, 5) is 25.7. The molecule has 126 valence electrons. The van der Waals surface area contributed by atoms with Gasteiger partial charge in [0.05, 0.1) is 5.56 Å². The number of carbonyl (C=O) groups is 2. The van der Waals surface area contributed by atoms with Gasteiger partial charge in [-0.1, -0.05) is 55.5 Å². The lowest BCUT2D eigenvalue weighted by Gasteiger charge is -2.22. The summed E-state index contributed by atoms with van der Waals surface area (Å²) in [6.07, 6.45) is 1.65. The molecule has 0 fully saturated rings. The van der Waals surface area contributed by atoms with Gasteiger partial charge >= 0.3 is 5.97 Å². The fraction of sp³-hybridized carbons (Fsp3) is 0.300. The number of nitrogens with zero attached hydrogens (tertiary/aromatic N) is 1. The van der Waals surface area contributed by atoms with Gasteiger partial charge in [-0.2, -0.15) is 0 Å². The molecule has 2 aromatic rings. The number of benzene rings is 2. The SMILES string of the molecule is CCCN(Cc1ccccc1)C(=O)CCc1ccccc1C(=O)O. The van der Waals surface area contributed by atoms with E-state index < -0.39 is 5.97 Å². The Bertz CT molecular complexity index is 682. The largest absolute Gasteiger partial charge is 0.478 e. The number of hydrogen-bond acceptors (Lipinski definition) is 2. The van der Waals surface area contributed by atoms with E-state index in [2.05, 4.69) is 0 Å². The molecule has 0 aliphatic carbocycles. The minimum atomic E-state index is -0.951. The summed E-state index contributed by atoms with van der Waals surface area (Å²) >= 11 is 0. The number of carboxylic acids is 1. The highest BCUT2D eigenvalue weighted by atomic mass is 16.4. The van der Waals surface area contributed by atoms with Crippen molar-refractivity contribution in [1.29, 1.82) is 0 Å². The minimum absolute atomic E-state index is 0.0564. The second-order valence-corrected chi connectivity index (χ2v) is 5.76. The van der Waals surface area contributed by atoms with E-state index in [-0.39, 0.29) is 11.5 Å². The molecule has 0 aliphatic rings. The van der Waals surface area contributed by atoms with Gasteiger partial charge in [0, 0.05) is 19.5 Å². The molecule has 0 heterocycles. The zero-order valence-electron chi connectivity index (χ0n) is 13.9. The maximum Gasteiger partial charge on any atom is 0.335 e. The average Bonchev–Trinajstić information content (AvgIpc) is 2.60. The third-order valence-electron chi connectivity index (χ3n) is 3.92. The molecule has 1 amide bonds. The van der Waals surface area contributed by atoms with Crippen molar-refractivity contribution in [2.24, 2.45) is 0 Å². The molecule has 24 heavy (non-hydrogen) atoms. The minimum Gasteiger partial charge on any atom is -0.478 e. The summed E-state index contributed by atoms with van der Waals surface area (Å²) in [7, 11) is 0. The summed E-state index contributed by atoms with van der Waals surface area (Å²) in [6.45, 7) is 3.34. The summed E-state index contributed by atoms with van der Waals surface area (Å²) < 4.78 is 0. The fourth-order valence-corrected chi connectivity index (χ4v) is 2.71. The number of hydrogen-bond donors (Lipinski definition) is 1. The number of amides is 1. The van der Waals surface area contributed by atoms with Crippen molar-refractivity contribution in [3.8, 4) is 0 Å². The molecule has 0 radical (unpaired) electrons. The second kappa shape index (κ2) is 8.87. The molecule has 4 heteroatoms. The van der Waals surface area contributed by atoms with E-state index in [1.807, 2.05) is 42.2 Å². The zero-order valence-corrected chi connectivity index (χ0v) is 13.9. The number of rotatable bonds is 8. The summed E-state index contributed by atoms with van der Waals surface area (Å²) in [5, 5.41) is 9.22. The molecule has 0 spiro atoms. The maximum absolute atomic E-state index is 12.6. The fourth-order valence-electron chi connectivity index (χ4n) is 2.71. The maximum atomic E-state index is 12.6.